The molecule has 1 amide bonds. The molecule has 0 aliphatic heterocycles. The molecular weight excluding hydrogens is 238 g/mol. The molecule has 4 nitrogen and oxygen atoms in total. The van der Waals surface area contributed by atoms with Crippen molar-refractivity contribution < 1.29 is 4.79 Å². The molecule has 2 N–H and O–H groups in total. The highest BCUT2D eigenvalue weighted by Gasteiger charge is 2.10. The molecule has 1 rings (SSSR count). The highest BCUT2D eigenvalue weighted by molar-refractivity contribution is 6.31. The first-order valence-electron chi connectivity index (χ1n) is 5.32. The smallest absolute Gasteiger partial charge is 0.236 e. The lowest BCUT2D eigenvalue weighted by atomic mass is 10.2. The third-order valence-corrected chi connectivity index (χ3v) is 2.77. The molecule has 0 aliphatic carbocycles. The first kappa shape index (κ1) is 13.8. The lowest BCUT2D eigenvalue weighted by Gasteiger charge is -2.19. The number of nitrogens with zero attached hydrogens (tertiary/aromatic N) is 2. The van der Waals surface area contributed by atoms with E-state index in [1.807, 2.05) is 24.1 Å². The van der Waals surface area contributed by atoms with E-state index in [-0.39, 0.29) is 5.91 Å². The fourth-order valence-electron chi connectivity index (χ4n) is 1.41. The number of likely N-dealkylation sites (N-methyl/N-ethyl adjacent to an activating group) is 2. The van der Waals surface area contributed by atoms with E-state index in [9.17, 15) is 4.79 Å². The Morgan fingerprint density at radius 2 is 2.00 bits per heavy atom. The second kappa shape index (κ2) is 5.89. The van der Waals surface area contributed by atoms with Gasteiger partial charge in [0.25, 0.3) is 0 Å². The average molecular weight is 256 g/mol. The second-order valence-corrected chi connectivity index (χ2v) is 4.72. The van der Waals surface area contributed by atoms with Gasteiger partial charge in [0.15, 0.2) is 0 Å². The van der Waals surface area contributed by atoms with Crippen LogP contribution in [-0.2, 0) is 11.3 Å². The number of carbonyl (C=O) groups excluding carboxylic acids is 1. The first-order chi connectivity index (χ1) is 7.90. The third-order valence-electron chi connectivity index (χ3n) is 2.42. The minimum Gasteiger partial charge on any atom is -0.399 e. The number of rotatable bonds is 4. The van der Waals surface area contributed by atoms with Gasteiger partial charge in [-0.3, -0.25) is 9.69 Å². The van der Waals surface area contributed by atoms with Crippen LogP contribution in [0.15, 0.2) is 18.2 Å². The molecule has 0 bridgehead atoms. The Kier molecular flexibility index (Phi) is 4.78. The van der Waals surface area contributed by atoms with Crippen LogP contribution in [0.4, 0.5) is 5.69 Å². The monoisotopic (exact) mass is 255 g/mol. The van der Waals surface area contributed by atoms with E-state index in [2.05, 4.69) is 0 Å². The van der Waals surface area contributed by atoms with Crippen LogP contribution < -0.4 is 5.73 Å². The van der Waals surface area contributed by atoms with Crippen LogP contribution in [0.5, 0.6) is 0 Å². The maximum atomic E-state index is 11.5. The van der Waals surface area contributed by atoms with E-state index >= 15 is 0 Å². The van der Waals surface area contributed by atoms with Gasteiger partial charge in [-0.1, -0.05) is 17.7 Å². The number of nitrogens with two attached hydrogens (primary N) is 1. The number of carbonyl (C=O) groups is 1. The fourth-order valence-corrected chi connectivity index (χ4v) is 1.66. The number of halogens is 1. The van der Waals surface area contributed by atoms with Crippen LogP contribution in [0, 0.1) is 0 Å². The minimum absolute atomic E-state index is 0.0686. The van der Waals surface area contributed by atoms with Crippen LogP contribution in [0.1, 0.15) is 5.56 Å². The highest BCUT2D eigenvalue weighted by atomic mass is 35.5. The van der Waals surface area contributed by atoms with Crippen LogP contribution in [-0.4, -0.2) is 43.4 Å². The zero-order valence-electron chi connectivity index (χ0n) is 10.4. The molecule has 0 fully saturated rings. The normalized spacial score (nSPS) is 10.6. The Labute approximate surface area is 107 Å². The van der Waals surface area contributed by atoms with Crippen molar-refractivity contribution in [2.45, 2.75) is 6.54 Å². The molecule has 0 atom stereocenters. The van der Waals surface area contributed by atoms with Crippen molar-refractivity contribution >= 4 is 23.2 Å². The Morgan fingerprint density at radius 3 is 2.53 bits per heavy atom. The van der Waals surface area contributed by atoms with Crippen LogP contribution in [0.2, 0.25) is 5.02 Å². The van der Waals surface area contributed by atoms with E-state index < -0.39 is 0 Å². The van der Waals surface area contributed by atoms with Gasteiger partial charge in [-0.2, -0.15) is 0 Å². The van der Waals surface area contributed by atoms with Crippen molar-refractivity contribution in [1.29, 1.82) is 0 Å². The summed E-state index contributed by atoms with van der Waals surface area (Å²) in [6, 6.07) is 5.41. The number of nitrogen functional groups attached to an aromatic ring is 1. The predicted molar refractivity (Wildman–Crippen MR) is 70.9 cm³/mol. The number of hydrogen-bond donors (Lipinski definition) is 1. The minimum atomic E-state index is 0.0686. The molecule has 0 aromatic heterocycles. The van der Waals surface area contributed by atoms with Gasteiger partial charge >= 0.3 is 0 Å². The summed E-state index contributed by atoms with van der Waals surface area (Å²) < 4.78 is 0. The highest BCUT2D eigenvalue weighted by Crippen LogP contribution is 2.20. The molecular formula is C12H18ClN3O. The van der Waals surface area contributed by atoms with E-state index in [1.165, 1.54) is 0 Å². The molecule has 94 valence electrons. The predicted octanol–water partition coefficient (Wildman–Crippen LogP) is 1.44. The molecule has 0 saturated carbocycles. The third kappa shape index (κ3) is 4.24. The van der Waals surface area contributed by atoms with Gasteiger partial charge in [0.1, 0.15) is 0 Å². The van der Waals surface area contributed by atoms with Crippen molar-refractivity contribution in [2.24, 2.45) is 0 Å². The molecule has 0 saturated heterocycles. The zero-order valence-corrected chi connectivity index (χ0v) is 11.2. The average Bonchev–Trinajstić information content (AvgIpc) is 2.22. The van der Waals surface area contributed by atoms with Crippen molar-refractivity contribution in [1.82, 2.24) is 9.80 Å². The van der Waals surface area contributed by atoms with Gasteiger partial charge in [0.05, 0.1) is 6.54 Å². The molecule has 0 aliphatic rings. The van der Waals surface area contributed by atoms with E-state index in [1.54, 1.807) is 25.1 Å². The first-order valence-corrected chi connectivity index (χ1v) is 5.70. The Morgan fingerprint density at radius 1 is 1.35 bits per heavy atom. The van der Waals surface area contributed by atoms with Crippen molar-refractivity contribution in [3.8, 4) is 0 Å². The van der Waals surface area contributed by atoms with Gasteiger partial charge in [0, 0.05) is 31.4 Å². The van der Waals surface area contributed by atoms with Crippen molar-refractivity contribution in [3.63, 3.8) is 0 Å². The Balaban J connectivity index is 2.62. The summed E-state index contributed by atoms with van der Waals surface area (Å²) in [6.07, 6.45) is 0. The molecule has 0 spiro atoms. The number of benzene rings is 1. The Hall–Kier alpha value is -1.26. The van der Waals surface area contributed by atoms with E-state index in [0.29, 0.717) is 23.8 Å². The summed E-state index contributed by atoms with van der Waals surface area (Å²) >= 11 is 6.07. The van der Waals surface area contributed by atoms with Crippen LogP contribution in [0.3, 0.4) is 0 Å². The van der Waals surface area contributed by atoms with Crippen LogP contribution in [0.25, 0.3) is 0 Å². The summed E-state index contributed by atoms with van der Waals surface area (Å²) in [5, 5.41) is 0.633. The molecule has 0 unspecified atom stereocenters. The summed E-state index contributed by atoms with van der Waals surface area (Å²) in [6.45, 7) is 0.992. The van der Waals surface area contributed by atoms with Gasteiger partial charge in [-0.05, 0) is 24.7 Å². The SMILES string of the molecule is CN(CC(=O)N(C)C)Cc1ccc(N)cc1Cl. The van der Waals surface area contributed by atoms with E-state index in [4.69, 9.17) is 17.3 Å². The Bertz CT molecular complexity index is 407. The molecule has 17 heavy (non-hydrogen) atoms. The standard InChI is InChI=1S/C12H18ClN3O/c1-15(2)12(17)8-16(3)7-9-4-5-10(14)6-11(9)13/h4-6H,7-8,14H2,1-3H3. The molecule has 0 radical (unpaired) electrons. The largest absolute Gasteiger partial charge is 0.399 e. The summed E-state index contributed by atoms with van der Waals surface area (Å²) in [5.74, 6) is 0.0686. The van der Waals surface area contributed by atoms with Gasteiger partial charge in [-0.15, -0.1) is 0 Å². The number of hydrogen-bond acceptors (Lipinski definition) is 3. The summed E-state index contributed by atoms with van der Waals surface area (Å²) in [5.41, 5.74) is 7.23. The fraction of sp³-hybridized carbons (Fsp3) is 0.417. The van der Waals surface area contributed by atoms with Crippen molar-refractivity contribution in [3.05, 3.63) is 28.8 Å². The van der Waals surface area contributed by atoms with Crippen LogP contribution >= 0.6 is 11.6 Å². The van der Waals surface area contributed by atoms with Gasteiger partial charge in [-0.25, -0.2) is 0 Å². The molecule has 0 heterocycles. The molecule has 5 heteroatoms. The number of amides is 1. The van der Waals surface area contributed by atoms with Gasteiger partial charge in [0.2, 0.25) is 5.91 Å². The lowest BCUT2D eigenvalue weighted by molar-refractivity contribution is -0.129. The maximum absolute atomic E-state index is 11.5. The summed E-state index contributed by atoms with van der Waals surface area (Å²) in [4.78, 5) is 15.0. The van der Waals surface area contributed by atoms with Crippen molar-refractivity contribution in [2.75, 3.05) is 33.4 Å². The number of anilines is 1. The summed E-state index contributed by atoms with van der Waals surface area (Å²) in [7, 11) is 5.37. The topological polar surface area (TPSA) is 49.6 Å². The van der Waals surface area contributed by atoms with E-state index in [0.717, 1.165) is 5.56 Å². The second-order valence-electron chi connectivity index (χ2n) is 4.31. The lowest BCUT2D eigenvalue weighted by Crippen LogP contribution is -2.34. The molecule has 1 aromatic carbocycles. The maximum Gasteiger partial charge on any atom is 0.236 e. The van der Waals surface area contributed by atoms with Gasteiger partial charge < -0.3 is 10.6 Å². The quantitative estimate of drug-likeness (QED) is 0.829. The zero-order chi connectivity index (χ0) is 13.0. The molecule has 1 aromatic rings.